The van der Waals surface area contributed by atoms with Gasteiger partial charge in [-0.2, -0.15) is 0 Å². The zero-order chi connectivity index (χ0) is 32.1. The summed E-state index contributed by atoms with van der Waals surface area (Å²) < 4.78 is 34.7. The number of nitrogens with zero attached hydrogens (tertiary/aromatic N) is 1. The van der Waals surface area contributed by atoms with Crippen molar-refractivity contribution in [2.75, 3.05) is 60.7 Å². The summed E-state index contributed by atoms with van der Waals surface area (Å²) in [6.45, 7) is 4.01. The maximum absolute atomic E-state index is 12.3. The van der Waals surface area contributed by atoms with Gasteiger partial charge in [0.1, 0.15) is 19.3 Å². The molecule has 258 valence electrons. The summed E-state index contributed by atoms with van der Waals surface area (Å²) in [7, 11) is 1.72. The quantitative estimate of drug-likeness (QED) is 0.0410. The van der Waals surface area contributed by atoms with Gasteiger partial charge in [0.2, 0.25) is 0 Å². The number of carbonyl (C=O) groups is 1. The van der Waals surface area contributed by atoms with Crippen LogP contribution in [0.4, 0.5) is 0 Å². The number of unbranched alkanes of at least 4 members (excludes halogenated alkanes) is 18. The molecule has 10 heteroatoms. The predicted octanol–water partition coefficient (Wildman–Crippen LogP) is 8.52. The number of hydrogen-bond acceptors (Lipinski definition) is 6. The highest BCUT2D eigenvalue weighted by molar-refractivity contribution is 7.47. The van der Waals surface area contributed by atoms with E-state index in [-0.39, 0.29) is 26.2 Å². The summed E-state index contributed by atoms with van der Waals surface area (Å²) in [5.41, 5.74) is 0. The van der Waals surface area contributed by atoms with Crippen LogP contribution in [0.1, 0.15) is 142 Å². The summed E-state index contributed by atoms with van der Waals surface area (Å²) in [6.07, 6.45) is 24.7. The number of rotatable bonds is 34. The van der Waals surface area contributed by atoms with E-state index < -0.39 is 19.9 Å². The number of phosphoric ester groups is 1. The Bertz CT molecular complexity index is 674. The monoisotopic (exact) mass is 638 g/mol. The lowest BCUT2D eigenvalue weighted by Gasteiger charge is -2.24. The minimum absolute atomic E-state index is 0.0896. The molecular formula is C33H69NO8P+. The molecule has 0 aliphatic carbocycles. The average molecular weight is 639 g/mol. The Hall–Kier alpha value is -0.540. The van der Waals surface area contributed by atoms with E-state index >= 15 is 0 Å². The first-order valence-electron chi connectivity index (χ1n) is 17.4. The lowest BCUT2D eigenvalue weighted by molar-refractivity contribution is -0.870. The number of phosphoric acid groups is 1. The Morgan fingerprint density at radius 2 is 1.12 bits per heavy atom. The first-order chi connectivity index (χ1) is 20.6. The van der Waals surface area contributed by atoms with Gasteiger partial charge in [-0.3, -0.25) is 13.8 Å². The molecule has 0 aromatic rings. The van der Waals surface area contributed by atoms with Crippen molar-refractivity contribution in [2.24, 2.45) is 0 Å². The van der Waals surface area contributed by atoms with Crippen LogP contribution in [0.25, 0.3) is 0 Å². The van der Waals surface area contributed by atoms with Gasteiger partial charge in [0.25, 0.3) is 0 Å². The smallest absolute Gasteiger partial charge is 0.472 e. The molecule has 43 heavy (non-hydrogen) atoms. The van der Waals surface area contributed by atoms with E-state index in [1.54, 1.807) is 0 Å². The second-order valence-electron chi connectivity index (χ2n) is 13.0. The van der Waals surface area contributed by atoms with E-state index in [4.69, 9.17) is 23.6 Å². The number of hydrogen-bond donors (Lipinski definition) is 2. The third kappa shape index (κ3) is 34.2. The van der Waals surface area contributed by atoms with Gasteiger partial charge >= 0.3 is 13.8 Å². The van der Waals surface area contributed by atoms with Crippen LogP contribution in [-0.4, -0.2) is 87.3 Å². The molecule has 0 spiro atoms. The van der Waals surface area contributed by atoms with Crippen molar-refractivity contribution in [3.05, 3.63) is 0 Å². The van der Waals surface area contributed by atoms with Crippen molar-refractivity contribution in [1.82, 2.24) is 0 Å². The first-order valence-corrected chi connectivity index (χ1v) is 18.9. The maximum Gasteiger partial charge on any atom is 0.472 e. The standard InChI is InChI=1S/C33H68NO8P/c1-5-6-7-8-9-10-11-12-13-14-15-16-17-18-19-20-21-23-27-39-30-32(40-28-24-22-25-33(35)36)31-42-43(37,38)41-29-26-34(2,3)4/h32H,5-31H2,1-4H3,(H-,35,36,37,38)/p+1/t32-/m1/s1. The zero-order valence-electron chi connectivity index (χ0n) is 28.4. The lowest BCUT2D eigenvalue weighted by atomic mass is 10.0. The maximum atomic E-state index is 12.3. The summed E-state index contributed by atoms with van der Waals surface area (Å²) in [6, 6.07) is 0. The molecule has 0 heterocycles. The van der Waals surface area contributed by atoms with Gasteiger partial charge in [0.15, 0.2) is 0 Å². The lowest BCUT2D eigenvalue weighted by Crippen LogP contribution is -2.37. The Balaban J connectivity index is 3.89. The predicted molar refractivity (Wildman–Crippen MR) is 175 cm³/mol. The molecule has 0 saturated heterocycles. The van der Waals surface area contributed by atoms with Gasteiger partial charge in [-0.05, 0) is 19.3 Å². The SMILES string of the molecule is CCCCCCCCCCCCCCCCCCCCOC[C@H](COP(=O)(O)OCC[N+](C)(C)C)OCCCCC(=O)O. The molecule has 0 aliphatic heterocycles. The molecule has 0 bridgehead atoms. The fourth-order valence-corrected chi connectivity index (χ4v) is 5.48. The highest BCUT2D eigenvalue weighted by Crippen LogP contribution is 2.43. The number of likely N-dealkylation sites (N-methyl/N-ethyl adjacent to an activating group) is 1. The van der Waals surface area contributed by atoms with Crippen molar-refractivity contribution >= 4 is 13.8 Å². The van der Waals surface area contributed by atoms with Crippen LogP contribution in [0.15, 0.2) is 0 Å². The number of aliphatic carboxylic acids is 1. The van der Waals surface area contributed by atoms with Crippen LogP contribution in [0.3, 0.4) is 0 Å². The average Bonchev–Trinajstić information content (AvgIpc) is 2.93. The van der Waals surface area contributed by atoms with Crippen LogP contribution in [0.2, 0.25) is 0 Å². The van der Waals surface area contributed by atoms with Gasteiger partial charge in [-0.15, -0.1) is 0 Å². The second-order valence-corrected chi connectivity index (χ2v) is 14.5. The second kappa shape index (κ2) is 28.9. The Morgan fingerprint density at radius 1 is 0.651 bits per heavy atom. The third-order valence-corrected chi connectivity index (χ3v) is 8.51. The van der Waals surface area contributed by atoms with E-state index in [2.05, 4.69) is 6.92 Å². The van der Waals surface area contributed by atoms with Crippen molar-refractivity contribution in [1.29, 1.82) is 0 Å². The minimum Gasteiger partial charge on any atom is -0.481 e. The highest BCUT2D eigenvalue weighted by atomic mass is 31.2. The Kier molecular flexibility index (Phi) is 28.5. The van der Waals surface area contributed by atoms with Crippen LogP contribution < -0.4 is 0 Å². The third-order valence-electron chi connectivity index (χ3n) is 7.52. The van der Waals surface area contributed by atoms with Crippen molar-refractivity contribution in [3.63, 3.8) is 0 Å². The molecule has 9 nitrogen and oxygen atoms in total. The number of carboxylic acid groups (broad SMARTS) is 1. The zero-order valence-corrected chi connectivity index (χ0v) is 29.3. The molecule has 2 N–H and O–H groups in total. The van der Waals surface area contributed by atoms with E-state index in [0.717, 1.165) is 12.8 Å². The van der Waals surface area contributed by atoms with E-state index in [1.807, 2.05) is 21.1 Å². The van der Waals surface area contributed by atoms with Crippen molar-refractivity contribution in [2.45, 2.75) is 148 Å². The normalized spacial score (nSPS) is 14.2. The topological polar surface area (TPSA) is 112 Å². The number of ether oxygens (including phenoxy) is 2. The number of quaternary nitrogens is 1. The summed E-state index contributed by atoms with van der Waals surface area (Å²) >= 11 is 0. The van der Waals surface area contributed by atoms with Crippen molar-refractivity contribution < 1.29 is 42.4 Å². The Morgan fingerprint density at radius 3 is 1.58 bits per heavy atom. The van der Waals surface area contributed by atoms with E-state index in [1.165, 1.54) is 103 Å². The van der Waals surface area contributed by atoms with Crippen LogP contribution in [-0.2, 0) is 27.9 Å². The van der Waals surface area contributed by atoms with Gasteiger partial charge < -0.3 is 24.0 Å². The molecule has 0 aliphatic rings. The molecule has 0 saturated carbocycles. The fraction of sp³-hybridized carbons (Fsp3) is 0.970. The highest BCUT2D eigenvalue weighted by Gasteiger charge is 2.25. The molecular weight excluding hydrogens is 569 g/mol. The van der Waals surface area contributed by atoms with Crippen LogP contribution >= 0.6 is 7.82 Å². The minimum atomic E-state index is -4.19. The molecule has 2 atom stereocenters. The molecule has 0 fully saturated rings. The van der Waals surface area contributed by atoms with Gasteiger partial charge in [0.05, 0.1) is 34.4 Å². The van der Waals surface area contributed by atoms with Gasteiger partial charge in [0, 0.05) is 19.6 Å². The molecule has 0 amide bonds. The van der Waals surface area contributed by atoms with E-state index in [9.17, 15) is 14.3 Å². The molecule has 1 unspecified atom stereocenters. The van der Waals surface area contributed by atoms with Crippen LogP contribution in [0.5, 0.6) is 0 Å². The largest absolute Gasteiger partial charge is 0.481 e. The summed E-state index contributed by atoms with van der Waals surface area (Å²) in [5.74, 6) is -0.834. The van der Waals surface area contributed by atoms with E-state index in [0.29, 0.717) is 37.1 Å². The Labute approximate surface area is 264 Å². The molecule has 0 rings (SSSR count). The number of carboxylic acids is 1. The first kappa shape index (κ1) is 42.5. The van der Waals surface area contributed by atoms with Gasteiger partial charge in [-0.1, -0.05) is 116 Å². The molecule has 0 aromatic heterocycles. The van der Waals surface area contributed by atoms with Crippen LogP contribution in [0, 0.1) is 0 Å². The van der Waals surface area contributed by atoms with Crippen molar-refractivity contribution in [3.8, 4) is 0 Å². The summed E-state index contributed by atoms with van der Waals surface area (Å²) in [4.78, 5) is 20.7. The molecule has 0 radical (unpaired) electrons. The molecule has 0 aromatic carbocycles. The van der Waals surface area contributed by atoms with Gasteiger partial charge in [-0.25, -0.2) is 4.57 Å². The fourth-order valence-electron chi connectivity index (χ4n) is 4.74. The summed E-state index contributed by atoms with van der Waals surface area (Å²) in [5, 5.41) is 8.79.